The van der Waals surface area contributed by atoms with Crippen LogP contribution in [0.4, 0.5) is 27.6 Å². The summed E-state index contributed by atoms with van der Waals surface area (Å²) in [7, 11) is 0. The molecule has 1 heterocycles. The Kier molecular flexibility index (Phi) is 4.87. The number of hydrogen-bond acceptors (Lipinski definition) is 3. The minimum Gasteiger partial charge on any atom is -0.344 e. The number of nitrogens with one attached hydrogen (secondary N) is 2. The molecule has 1 aromatic carbocycles. The zero-order valence-electron chi connectivity index (χ0n) is 13.7. The van der Waals surface area contributed by atoms with Crippen molar-refractivity contribution in [3.05, 3.63) is 29.1 Å². The Morgan fingerprint density at radius 2 is 1.46 bits per heavy atom. The van der Waals surface area contributed by atoms with Gasteiger partial charge in [-0.15, -0.1) is 0 Å². The predicted octanol–water partition coefficient (Wildman–Crippen LogP) is 2.06. The van der Waals surface area contributed by atoms with E-state index in [4.69, 9.17) is 0 Å². The van der Waals surface area contributed by atoms with Crippen LogP contribution in [-0.2, 0) is 9.59 Å². The number of hydrogen-bond donors (Lipinski definition) is 2. The molecule has 142 valence electrons. The van der Waals surface area contributed by atoms with Crippen LogP contribution >= 0.6 is 0 Å². The standard InChI is InChI=1S/C16H16F5N3O2/c1-6-4-7(5-24(6)8-2-3-8)22-15(25)16(26)23-14-12(20)10(18)9(17)11(19)13(14)21/h6-8H,2-5H2,1H3,(H,22,25)(H,23,26)/t6-,7+/m1/s1. The largest absolute Gasteiger partial charge is 0.344 e. The first-order valence-corrected chi connectivity index (χ1v) is 8.09. The van der Waals surface area contributed by atoms with Gasteiger partial charge in [0.05, 0.1) is 0 Å². The molecule has 0 bridgehead atoms. The first-order valence-electron chi connectivity index (χ1n) is 8.09. The molecule has 1 aliphatic carbocycles. The van der Waals surface area contributed by atoms with Gasteiger partial charge in [-0.3, -0.25) is 14.5 Å². The van der Waals surface area contributed by atoms with Gasteiger partial charge in [-0.25, -0.2) is 22.0 Å². The number of amides is 2. The molecule has 3 rings (SSSR count). The number of rotatable bonds is 3. The van der Waals surface area contributed by atoms with Crippen LogP contribution < -0.4 is 10.6 Å². The SMILES string of the molecule is C[C@@H]1C[C@H](NC(=O)C(=O)Nc2c(F)c(F)c(F)c(F)c2F)CN1C1CC1. The molecule has 1 saturated heterocycles. The zero-order chi connectivity index (χ0) is 19.2. The second-order valence-electron chi connectivity index (χ2n) is 6.58. The van der Waals surface area contributed by atoms with E-state index >= 15 is 0 Å². The Hall–Kier alpha value is -2.23. The van der Waals surface area contributed by atoms with Gasteiger partial charge in [0, 0.05) is 24.7 Å². The normalized spacial score (nSPS) is 23.2. The summed E-state index contributed by atoms with van der Waals surface area (Å²) in [5.74, 6) is -13.9. The van der Waals surface area contributed by atoms with Crippen LogP contribution in [0.15, 0.2) is 0 Å². The molecule has 2 N–H and O–H groups in total. The fraction of sp³-hybridized carbons (Fsp3) is 0.500. The van der Waals surface area contributed by atoms with E-state index in [1.54, 1.807) is 0 Å². The van der Waals surface area contributed by atoms with Crippen molar-refractivity contribution >= 4 is 17.5 Å². The molecule has 0 aromatic heterocycles. The third-order valence-corrected chi connectivity index (χ3v) is 4.63. The fourth-order valence-electron chi connectivity index (χ4n) is 3.21. The summed E-state index contributed by atoms with van der Waals surface area (Å²) >= 11 is 0. The van der Waals surface area contributed by atoms with E-state index in [9.17, 15) is 31.5 Å². The first kappa shape index (κ1) is 18.6. The molecular formula is C16H16F5N3O2. The smallest absolute Gasteiger partial charge is 0.313 e. The molecule has 1 aromatic rings. The minimum atomic E-state index is -2.34. The molecule has 5 nitrogen and oxygen atoms in total. The van der Waals surface area contributed by atoms with Gasteiger partial charge >= 0.3 is 11.8 Å². The zero-order valence-corrected chi connectivity index (χ0v) is 13.7. The summed E-state index contributed by atoms with van der Waals surface area (Å²) in [4.78, 5) is 25.9. The van der Waals surface area contributed by atoms with Gasteiger partial charge in [-0.1, -0.05) is 0 Å². The van der Waals surface area contributed by atoms with Crippen LogP contribution in [0, 0.1) is 29.1 Å². The molecule has 0 unspecified atom stereocenters. The third kappa shape index (κ3) is 3.37. The second kappa shape index (κ2) is 6.82. The number of benzene rings is 1. The van der Waals surface area contributed by atoms with E-state index in [1.807, 2.05) is 6.92 Å². The molecule has 0 radical (unpaired) electrons. The summed E-state index contributed by atoms with van der Waals surface area (Å²) in [6, 6.07) is 0.348. The summed E-state index contributed by atoms with van der Waals surface area (Å²) in [5.41, 5.74) is -1.55. The number of likely N-dealkylation sites (tertiary alicyclic amines) is 1. The average molecular weight is 377 g/mol. The lowest BCUT2D eigenvalue weighted by molar-refractivity contribution is -0.136. The average Bonchev–Trinajstić information content (AvgIpc) is 3.38. The Balaban J connectivity index is 1.66. The van der Waals surface area contributed by atoms with Crippen molar-refractivity contribution < 1.29 is 31.5 Å². The van der Waals surface area contributed by atoms with Gasteiger partial charge in [0.1, 0.15) is 5.69 Å². The maximum absolute atomic E-state index is 13.6. The lowest BCUT2D eigenvalue weighted by atomic mass is 10.2. The molecule has 2 fully saturated rings. The third-order valence-electron chi connectivity index (χ3n) is 4.63. The van der Waals surface area contributed by atoms with Gasteiger partial charge in [0.15, 0.2) is 23.3 Å². The summed E-state index contributed by atoms with van der Waals surface area (Å²) in [6.45, 7) is 2.52. The van der Waals surface area contributed by atoms with E-state index < -0.39 is 46.6 Å². The summed E-state index contributed by atoms with van der Waals surface area (Å²) in [6.07, 6.45) is 2.75. The molecule has 1 saturated carbocycles. The van der Waals surface area contributed by atoms with Gasteiger partial charge in [-0.2, -0.15) is 0 Å². The maximum atomic E-state index is 13.6. The highest BCUT2D eigenvalue weighted by Crippen LogP contribution is 2.33. The van der Waals surface area contributed by atoms with E-state index in [2.05, 4.69) is 10.2 Å². The minimum absolute atomic E-state index is 0.214. The summed E-state index contributed by atoms with van der Waals surface area (Å²) in [5, 5.41) is 3.88. The van der Waals surface area contributed by atoms with Crippen LogP contribution in [-0.4, -0.2) is 41.4 Å². The number of anilines is 1. The predicted molar refractivity (Wildman–Crippen MR) is 80.6 cm³/mol. The first-order chi connectivity index (χ1) is 12.2. The number of carbonyl (C=O) groups is 2. The molecule has 2 aliphatic rings. The highest BCUT2D eigenvalue weighted by Gasteiger charge is 2.39. The number of halogens is 5. The lowest BCUT2D eigenvalue weighted by Gasteiger charge is -2.19. The van der Waals surface area contributed by atoms with Crippen molar-refractivity contribution in [1.82, 2.24) is 10.2 Å². The molecule has 10 heteroatoms. The van der Waals surface area contributed by atoms with Gasteiger partial charge in [0.25, 0.3) is 0 Å². The van der Waals surface area contributed by atoms with Crippen molar-refractivity contribution in [2.75, 3.05) is 11.9 Å². The quantitative estimate of drug-likeness (QED) is 0.367. The highest BCUT2D eigenvalue weighted by atomic mass is 19.2. The van der Waals surface area contributed by atoms with Crippen molar-refractivity contribution in [3.63, 3.8) is 0 Å². The molecule has 1 aliphatic heterocycles. The Bertz CT molecular complexity index is 740. The van der Waals surface area contributed by atoms with Crippen LogP contribution in [0.3, 0.4) is 0 Å². The van der Waals surface area contributed by atoms with Crippen molar-refractivity contribution in [3.8, 4) is 0 Å². The Morgan fingerprint density at radius 1 is 0.923 bits per heavy atom. The molecule has 2 atom stereocenters. The molecular weight excluding hydrogens is 361 g/mol. The maximum Gasteiger partial charge on any atom is 0.313 e. The Morgan fingerprint density at radius 3 is 2.00 bits per heavy atom. The van der Waals surface area contributed by atoms with Gasteiger partial charge < -0.3 is 10.6 Å². The lowest BCUT2D eigenvalue weighted by Crippen LogP contribution is -2.43. The van der Waals surface area contributed by atoms with E-state index in [-0.39, 0.29) is 12.1 Å². The number of nitrogens with zero attached hydrogens (tertiary/aromatic N) is 1. The highest BCUT2D eigenvalue weighted by molar-refractivity contribution is 6.39. The van der Waals surface area contributed by atoms with E-state index in [0.29, 0.717) is 19.0 Å². The van der Waals surface area contributed by atoms with E-state index in [0.717, 1.165) is 12.8 Å². The van der Waals surface area contributed by atoms with Crippen molar-refractivity contribution in [2.24, 2.45) is 0 Å². The van der Waals surface area contributed by atoms with Gasteiger partial charge in [0.2, 0.25) is 5.82 Å². The van der Waals surface area contributed by atoms with Crippen LogP contribution in [0.2, 0.25) is 0 Å². The molecule has 26 heavy (non-hydrogen) atoms. The van der Waals surface area contributed by atoms with E-state index in [1.165, 1.54) is 5.32 Å². The second-order valence-corrected chi connectivity index (χ2v) is 6.58. The fourth-order valence-corrected chi connectivity index (χ4v) is 3.21. The molecule has 0 spiro atoms. The van der Waals surface area contributed by atoms with Crippen LogP contribution in [0.1, 0.15) is 26.2 Å². The van der Waals surface area contributed by atoms with Crippen molar-refractivity contribution in [1.29, 1.82) is 0 Å². The van der Waals surface area contributed by atoms with Crippen molar-refractivity contribution in [2.45, 2.75) is 44.3 Å². The van der Waals surface area contributed by atoms with Crippen LogP contribution in [0.25, 0.3) is 0 Å². The topological polar surface area (TPSA) is 61.4 Å². The number of carbonyl (C=O) groups excluding carboxylic acids is 2. The Labute approximate surface area is 145 Å². The van der Waals surface area contributed by atoms with Gasteiger partial charge in [-0.05, 0) is 26.2 Å². The summed E-state index contributed by atoms with van der Waals surface area (Å²) < 4.78 is 66.4. The molecule has 2 amide bonds. The van der Waals surface area contributed by atoms with Crippen LogP contribution in [0.5, 0.6) is 0 Å². The monoisotopic (exact) mass is 377 g/mol.